The van der Waals surface area contributed by atoms with E-state index in [0.717, 1.165) is 37.1 Å². The number of hydrogen-bond acceptors (Lipinski definition) is 4. The van der Waals surface area contributed by atoms with E-state index in [2.05, 4.69) is 4.98 Å². The van der Waals surface area contributed by atoms with Crippen LogP contribution in [-0.4, -0.2) is 74.3 Å². The molecule has 2 aromatic heterocycles. The standard InChI is InChI=1S/C24H29N5O3/c30-22(15-19-6-1-2-10-25-19)27-11-3-5-18(16-27)23(31)26-13-8-20(9-14-26)29-17-21-7-4-12-28(21)24(29)32/h1-2,4,6-7,10,12,18,20H,3,5,8-9,11,13-17H2. The minimum atomic E-state index is -0.137. The molecule has 2 aromatic rings. The summed E-state index contributed by atoms with van der Waals surface area (Å²) in [5.41, 5.74) is 1.79. The van der Waals surface area contributed by atoms with Crippen LogP contribution in [0.25, 0.3) is 0 Å². The van der Waals surface area contributed by atoms with Crippen molar-refractivity contribution in [3.8, 4) is 0 Å². The number of piperidine rings is 2. The molecule has 5 rings (SSSR count). The molecule has 0 spiro atoms. The third-order valence-corrected chi connectivity index (χ3v) is 7.02. The molecule has 168 valence electrons. The van der Waals surface area contributed by atoms with Gasteiger partial charge >= 0.3 is 6.03 Å². The van der Waals surface area contributed by atoms with Gasteiger partial charge in [-0.05, 0) is 49.9 Å². The topological polar surface area (TPSA) is 78.8 Å². The van der Waals surface area contributed by atoms with Gasteiger partial charge in [0, 0.05) is 56.0 Å². The maximum absolute atomic E-state index is 13.2. The molecule has 0 bridgehead atoms. The summed E-state index contributed by atoms with van der Waals surface area (Å²) in [7, 11) is 0. The van der Waals surface area contributed by atoms with Crippen molar-refractivity contribution in [2.45, 2.75) is 44.7 Å². The van der Waals surface area contributed by atoms with Gasteiger partial charge in [0.1, 0.15) is 0 Å². The van der Waals surface area contributed by atoms with Crippen LogP contribution in [0.1, 0.15) is 37.1 Å². The maximum atomic E-state index is 13.2. The second kappa shape index (κ2) is 8.76. The molecule has 3 aliphatic rings. The van der Waals surface area contributed by atoms with E-state index >= 15 is 0 Å². The first-order valence-electron chi connectivity index (χ1n) is 11.5. The zero-order chi connectivity index (χ0) is 22.1. The van der Waals surface area contributed by atoms with E-state index in [9.17, 15) is 14.4 Å². The van der Waals surface area contributed by atoms with Crippen LogP contribution >= 0.6 is 0 Å². The molecule has 0 saturated carbocycles. The summed E-state index contributed by atoms with van der Waals surface area (Å²) in [5.74, 6) is 0.0521. The van der Waals surface area contributed by atoms with Crippen LogP contribution in [0, 0.1) is 5.92 Å². The molecular formula is C24H29N5O3. The van der Waals surface area contributed by atoms with Crippen molar-refractivity contribution in [1.29, 1.82) is 0 Å². The summed E-state index contributed by atoms with van der Waals surface area (Å²) < 4.78 is 1.72. The van der Waals surface area contributed by atoms with Crippen LogP contribution in [0.4, 0.5) is 4.79 Å². The molecule has 0 radical (unpaired) electrons. The zero-order valence-electron chi connectivity index (χ0n) is 18.2. The molecular weight excluding hydrogens is 406 g/mol. The predicted molar refractivity (Wildman–Crippen MR) is 118 cm³/mol. The molecule has 1 atom stereocenters. The van der Waals surface area contributed by atoms with Gasteiger partial charge in [0.15, 0.2) is 0 Å². The summed E-state index contributed by atoms with van der Waals surface area (Å²) in [6, 6.07) is 9.69. The first-order chi connectivity index (χ1) is 15.6. The first-order valence-corrected chi connectivity index (χ1v) is 11.5. The fraction of sp³-hybridized carbons (Fsp3) is 0.500. The van der Waals surface area contributed by atoms with Crippen molar-refractivity contribution >= 4 is 17.8 Å². The van der Waals surface area contributed by atoms with Gasteiger partial charge in [0.05, 0.1) is 18.9 Å². The van der Waals surface area contributed by atoms with Gasteiger partial charge in [-0.3, -0.25) is 19.1 Å². The van der Waals surface area contributed by atoms with E-state index in [-0.39, 0.29) is 36.2 Å². The van der Waals surface area contributed by atoms with Crippen LogP contribution < -0.4 is 0 Å². The van der Waals surface area contributed by atoms with E-state index in [1.54, 1.807) is 10.8 Å². The minimum absolute atomic E-state index is 0.0383. The fourth-order valence-corrected chi connectivity index (χ4v) is 5.23. The monoisotopic (exact) mass is 435 g/mol. The van der Waals surface area contributed by atoms with Crippen LogP contribution in [0.5, 0.6) is 0 Å². The molecule has 8 nitrogen and oxygen atoms in total. The van der Waals surface area contributed by atoms with Gasteiger partial charge in [-0.1, -0.05) is 6.07 Å². The molecule has 3 amide bonds. The number of amides is 3. The molecule has 0 aliphatic carbocycles. The van der Waals surface area contributed by atoms with E-state index in [1.165, 1.54) is 0 Å². The van der Waals surface area contributed by atoms with Crippen LogP contribution in [0.2, 0.25) is 0 Å². The average molecular weight is 436 g/mol. The second-order valence-corrected chi connectivity index (χ2v) is 9.01. The number of rotatable bonds is 4. The Morgan fingerprint density at radius 3 is 2.59 bits per heavy atom. The highest BCUT2D eigenvalue weighted by Crippen LogP contribution is 2.27. The normalized spacial score (nSPS) is 21.7. The second-order valence-electron chi connectivity index (χ2n) is 9.01. The lowest BCUT2D eigenvalue weighted by molar-refractivity contribution is -0.141. The zero-order valence-corrected chi connectivity index (χ0v) is 18.2. The highest BCUT2D eigenvalue weighted by Gasteiger charge is 2.37. The molecule has 1 unspecified atom stereocenters. The molecule has 0 aromatic carbocycles. The van der Waals surface area contributed by atoms with Crippen LogP contribution in [0.15, 0.2) is 42.7 Å². The lowest BCUT2D eigenvalue weighted by Crippen LogP contribution is -2.51. The molecule has 0 N–H and O–H groups in total. The quantitative estimate of drug-likeness (QED) is 0.737. The largest absolute Gasteiger partial charge is 0.342 e. The number of pyridine rings is 1. The Labute approximate surface area is 187 Å². The molecule has 2 saturated heterocycles. The van der Waals surface area contributed by atoms with Crippen LogP contribution in [0.3, 0.4) is 0 Å². The van der Waals surface area contributed by atoms with E-state index < -0.39 is 0 Å². The SMILES string of the molecule is O=C(Cc1ccccn1)N1CCCC(C(=O)N2CCC(N3Cc4cccn4C3=O)CC2)C1. The number of nitrogens with zero attached hydrogens (tertiary/aromatic N) is 5. The maximum Gasteiger partial charge on any atom is 0.329 e. The van der Waals surface area contributed by atoms with Gasteiger partial charge in [0.2, 0.25) is 11.8 Å². The molecule has 8 heteroatoms. The Morgan fingerprint density at radius 1 is 1.00 bits per heavy atom. The number of fused-ring (bicyclic) bond motifs is 1. The summed E-state index contributed by atoms with van der Waals surface area (Å²) in [6.07, 6.45) is 7.07. The first kappa shape index (κ1) is 20.7. The van der Waals surface area contributed by atoms with Crippen LogP contribution in [-0.2, 0) is 22.6 Å². The average Bonchev–Trinajstić information content (AvgIpc) is 3.42. The van der Waals surface area contributed by atoms with Gasteiger partial charge in [-0.2, -0.15) is 0 Å². The number of likely N-dealkylation sites (tertiary alicyclic amines) is 2. The Kier molecular flexibility index (Phi) is 5.68. The summed E-state index contributed by atoms with van der Waals surface area (Å²) in [6.45, 7) is 3.18. The number of carbonyl (C=O) groups excluding carboxylic acids is 3. The fourth-order valence-electron chi connectivity index (χ4n) is 5.23. The summed E-state index contributed by atoms with van der Waals surface area (Å²) in [4.78, 5) is 48.5. The van der Waals surface area contributed by atoms with Crippen molar-refractivity contribution in [3.05, 3.63) is 54.1 Å². The van der Waals surface area contributed by atoms with Crippen molar-refractivity contribution in [3.63, 3.8) is 0 Å². The smallest absolute Gasteiger partial charge is 0.329 e. The third-order valence-electron chi connectivity index (χ3n) is 7.02. The van der Waals surface area contributed by atoms with Gasteiger partial charge < -0.3 is 14.7 Å². The predicted octanol–water partition coefficient (Wildman–Crippen LogP) is 2.14. The lowest BCUT2D eigenvalue weighted by atomic mass is 9.94. The summed E-state index contributed by atoms with van der Waals surface area (Å²) in [5, 5.41) is 0. The molecule has 2 fully saturated rings. The van der Waals surface area contributed by atoms with E-state index in [1.807, 2.05) is 51.2 Å². The lowest BCUT2D eigenvalue weighted by Gasteiger charge is -2.39. The van der Waals surface area contributed by atoms with E-state index in [4.69, 9.17) is 0 Å². The summed E-state index contributed by atoms with van der Waals surface area (Å²) >= 11 is 0. The Bertz CT molecular complexity index is 996. The number of aromatic nitrogens is 2. The van der Waals surface area contributed by atoms with Crippen molar-refractivity contribution in [2.75, 3.05) is 26.2 Å². The van der Waals surface area contributed by atoms with Gasteiger partial charge in [0.25, 0.3) is 0 Å². The molecule has 3 aliphatic heterocycles. The van der Waals surface area contributed by atoms with Crippen molar-refractivity contribution in [2.24, 2.45) is 5.92 Å². The van der Waals surface area contributed by atoms with E-state index in [0.29, 0.717) is 32.7 Å². The highest BCUT2D eigenvalue weighted by atomic mass is 16.2. The Balaban J connectivity index is 1.14. The van der Waals surface area contributed by atoms with Gasteiger partial charge in [-0.25, -0.2) is 4.79 Å². The number of carbonyl (C=O) groups is 3. The van der Waals surface area contributed by atoms with Gasteiger partial charge in [-0.15, -0.1) is 0 Å². The Morgan fingerprint density at radius 2 is 1.84 bits per heavy atom. The Hall–Kier alpha value is -3.16. The third kappa shape index (κ3) is 4.01. The molecule has 5 heterocycles. The molecule has 32 heavy (non-hydrogen) atoms. The van der Waals surface area contributed by atoms with Crippen molar-refractivity contribution < 1.29 is 14.4 Å². The minimum Gasteiger partial charge on any atom is -0.342 e. The van der Waals surface area contributed by atoms with Crippen molar-refractivity contribution in [1.82, 2.24) is 24.3 Å². The highest BCUT2D eigenvalue weighted by molar-refractivity contribution is 5.83. The number of hydrogen-bond donors (Lipinski definition) is 0.